The maximum Gasteiger partial charge on any atom is 0.247 e. The van der Waals surface area contributed by atoms with Gasteiger partial charge in [0, 0.05) is 22.8 Å². The molecule has 34 heavy (non-hydrogen) atoms. The molecule has 1 unspecified atom stereocenters. The van der Waals surface area contributed by atoms with Gasteiger partial charge in [0.2, 0.25) is 5.56 Å². The average Bonchev–Trinajstić information content (AvgIpc) is 2.78. The van der Waals surface area contributed by atoms with Gasteiger partial charge < -0.3 is 9.72 Å². The topological polar surface area (TPSA) is 59.2 Å². The van der Waals surface area contributed by atoms with E-state index in [9.17, 15) is 9.59 Å². The van der Waals surface area contributed by atoms with Crippen LogP contribution in [0.5, 0.6) is 0 Å². The summed E-state index contributed by atoms with van der Waals surface area (Å²) in [7, 11) is 0. The molecule has 0 amide bonds. The third kappa shape index (κ3) is 4.70. The highest BCUT2D eigenvalue weighted by Gasteiger charge is 2.31. The summed E-state index contributed by atoms with van der Waals surface area (Å²) in [4.78, 5) is 27.6. The third-order valence-electron chi connectivity index (χ3n) is 5.82. The number of H-pyrrole nitrogens is 1. The summed E-state index contributed by atoms with van der Waals surface area (Å²) in [5.41, 5.74) is 4.78. The Kier molecular flexibility index (Phi) is 6.48. The fourth-order valence-corrected chi connectivity index (χ4v) is 4.61. The van der Waals surface area contributed by atoms with Crippen molar-refractivity contribution in [2.75, 3.05) is 0 Å². The quantitative estimate of drug-likeness (QED) is 0.331. The second-order valence-corrected chi connectivity index (χ2v) is 9.94. The molecule has 0 radical (unpaired) electrons. The molecule has 1 N–H and O–H groups in total. The molecule has 4 rings (SSSR count). The van der Waals surface area contributed by atoms with Crippen molar-refractivity contribution in [2.45, 2.75) is 46.3 Å². The maximum atomic E-state index is 13.0. The number of ketones is 1. The van der Waals surface area contributed by atoms with E-state index in [-0.39, 0.29) is 11.3 Å². The maximum absolute atomic E-state index is 13.0. The largest absolute Gasteiger partial charge is 0.360 e. The summed E-state index contributed by atoms with van der Waals surface area (Å²) < 4.78 is 6.38. The molecular weight excluding hydrogens is 446 g/mol. The second kappa shape index (κ2) is 9.21. The Labute approximate surface area is 204 Å². The normalized spacial score (nSPS) is 12.6. The first-order valence-electron chi connectivity index (χ1n) is 11.3. The summed E-state index contributed by atoms with van der Waals surface area (Å²) >= 11 is 6.20. The van der Waals surface area contributed by atoms with Gasteiger partial charge in [0.25, 0.3) is 0 Å². The third-order valence-corrected chi connectivity index (χ3v) is 6.07. The lowest BCUT2D eigenvalue weighted by Crippen LogP contribution is -2.27. The van der Waals surface area contributed by atoms with Crippen LogP contribution in [0.1, 0.15) is 44.9 Å². The van der Waals surface area contributed by atoms with E-state index in [4.69, 9.17) is 16.3 Å². The van der Waals surface area contributed by atoms with Gasteiger partial charge in [-0.25, -0.2) is 0 Å². The summed E-state index contributed by atoms with van der Waals surface area (Å²) in [6.45, 7) is 9.43. The Hall–Kier alpha value is -3.21. The Morgan fingerprint density at radius 1 is 0.912 bits per heavy atom. The van der Waals surface area contributed by atoms with Crippen molar-refractivity contribution in [1.82, 2.24) is 4.98 Å². The molecule has 1 atom stereocenters. The molecule has 0 spiro atoms. The zero-order valence-electron chi connectivity index (χ0n) is 20.0. The summed E-state index contributed by atoms with van der Waals surface area (Å²) in [5.74, 6) is -0.0732. The SMILES string of the molecule is CC(=O)C(OC(C)(C)C)c1c(C)c(-c2ccc(=O)[nH]c2)c2ccccc2c1-c1ccc(Cl)cc1. The van der Waals surface area contributed by atoms with Crippen LogP contribution in [0.4, 0.5) is 0 Å². The number of nitrogens with one attached hydrogen (secondary N) is 1. The van der Waals surface area contributed by atoms with E-state index < -0.39 is 11.7 Å². The molecule has 3 aromatic carbocycles. The highest BCUT2D eigenvalue weighted by molar-refractivity contribution is 6.30. The number of fused-ring (bicyclic) bond motifs is 1. The first-order chi connectivity index (χ1) is 16.1. The molecule has 0 aliphatic rings. The predicted molar refractivity (Wildman–Crippen MR) is 139 cm³/mol. The zero-order chi connectivity index (χ0) is 24.6. The molecule has 5 heteroatoms. The molecule has 1 heterocycles. The fraction of sp³-hybridized carbons (Fsp3) is 0.241. The molecule has 1 aromatic heterocycles. The van der Waals surface area contributed by atoms with Crippen LogP contribution in [0.2, 0.25) is 5.02 Å². The van der Waals surface area contributed by atoms with Crippen molar-refractivity contribution in [3.8, 4) is 22.3 Å². The van der Waals surface area contributed by atoms with E-state index in [2.05, 4.69) is 17.1 Å². The van der Waals surface area contributed by atoms with Crippen LogP contribution in [0.25, 0.3) is 33.0 Å². The number of hydrogen-bond acceptors (Lipinski definition) is 3. The van der Waals surface area contributed by atoms with Gasteiger partial charge in [0.05, 0.1) is 5.60 Å². The van der Waals surface area contributed by atoms with Gasteiger partial charge >= 0.3 is 0 Å². The minimum absolute atomic E-state index is 0.0732. The number of benzene rings is 3. The Morgan fingerprint density at radius 3 is 2.03 bits per heavy atom. The molecule has 4 aromatic rings. The minimum Gasteiger partial charge on any atom is -0.360 e. The molecule has 0 aliphatic carbocycles. The van der Waals surface area contributed by atoms with E-state index in [1.807, 2.05) is 70.2 Å². The summed E-state index contributed by atoms with van der Waals surface area (Å²) in [6.07, 6.45) is 0.952. The molecular formula is C29H28ClNO3. The van der Waals surface area contributed by atoms with Crippen molar-refractivity contribution in [3.05, 3.63) is 93.4 Å². The predicted octanol–water partition coefficient (Wildman–Crippen LogP) is 7.27. The van der Waals surface area contributed by atoms with Crippen molar-refractivity contribution in [1.29, 1.82) is 0 Å². The number of aromatic nitrogens is 1. The van der Waals surface area contributed by atoms with Gasteiger partial charge in [-0.05, 0) is 91.4 Å². The molecule has 0 saturated carbocycles. The average molecular weight is 474 g/mol. The number of hydrogen-bond donors (Lipinski definition) is 1. The van der Waals surface area contributed by atoms with E-state index >= 15 is 0 Å². The van der Waals surface area contributed by atoms with Gasteiger partial charge in [-0.15, -0.1) is 0 Å². The minimum atomic E-state index is -0.767. The fourth-order valence-electron chi connectivity index (χ4n) is 4.48. The van der Waals surface area contributed by atoms with Crippen LogP contribution in [0.3, 0.4) is 0 Å². The first-order valence-corrected chi connectivity index (χ1v) is 11.6. The number of halogens is 1. The molecule has 0 fully saturated rings. The molecule has 0 saturated heterocycles. The van der Waals surface area contributed by atoms with Gasteiger partial charge in [-0.1, -0.05) is 48.0 Å². The Morgan fingerprint density at radius 2 is 1.50 bits per heavy atom. The van der Waals surface area contributed by atoms with E-state index in [1.165, 1.54) is 6.07 Å². The number of rotatable bonds is 5. The smallest absolute Gasteiger partial charge is 0.247 e. The molecule has 0 aliphatic heterocycles. The van der Waals surface area contributed by atoms with Gasteiger partial charge in [-0.2, -0.15) is 0 Å². The Bertz CT molecular complexity index is 1410. The number of ether oxygens (including phenoxy) is 1. The van der Waals surface area contributed by atoms with Crippen LogP contribution in [0, 0.1) is 6.92 Å². The second-order valence-electron chi connectivity index (χ2n) is 9.50. The molecule has 0 bridgehead atoms. The van der Waals surface area contributed by atoms with Gasteiger partial charge in [-0.3, -0.25) is 9.59 Å². The number of carbonyl (C=O) groups is 1. The van der Waals surface area contributed by atoms with Gasteiger partial charge in [0.15, 0.2) is 5.78 Å². The first kappa shape index (κ1) is 23.9. The number of pyridine rings is 1. The van der Waals surface area contributed by atoms with E-state index in [1.54, 1.807) is 13.1 Å². The highest BCUT2D eigenvalue weighted by atomic mass is 35.5. The molecule has 4 nitrogen and oxygen atoms in total. The van der Waals surface area contributed by atoms with Crippen LogP contribution >= 0.6 is 11.6 Å². The lowest BCUT2D eigenvalue weighted by molar-refractivity contribution is -0.138. The number of carbonyl (C=O) groups excluding carboxylic acids is 1. The van der Waals surface area contributed by atoms with E-state index in [0.717, 1.165) is 44.2 Å². The number of aromatic amines is 1. The van der Waals surface area contributed by atoms with Crippen molar-refractivity contribution >= 4 is 28.2 Å². The number of Topliss-reactive ketones (excluding diaryl/α,β-unsaturated/α-hetero) is 1. The summed E-state index contributed by atoms with van der Waals surface area (Å²) in [6, 6.07) is 19.1. The van der Waals surface area contributed by atoms with Crippen LogP contribution in [-0.4, -0.2) is 16.4 Å². The van der Waals surface area contributed by atoms with Crippen molar-refractivity contribution in [2.24, 2.45) is 0 Å². The lowest BCUT2D eigenvalue weighted by atomic mass is 9.81. The lowest BCUT2D eigenvalue weighted by Gasteiger charge is -2.31. The molecule has 174 valence electrons. The van der Waals surface area contributed by atoms with Crippen LogP contribution in [0.15, 0.2) is 71.7 Å². The Balaban J connectivity index is 2.18. The van der Waals surface area contributed by atoms with Crippen LogP contribution in [-0.2, 0) is 9.53 Å². The standard InChI is InChI=1S/C29H28ClNO3/c1-17-25(20-12-15-24(33)31-16-20)22-8-6-7-9-23(22)27(19-10-13-21(30)14-11-19)26(17)28(18(2)32)34-29(3,4)5/h6-16,28H,1-5H3,(H,31,33). The van der Waals surface area contributed by atoms with Gasteiger partial charge in [0.1, 0.15) is 6.10 Å². The van der Waals surface area contributed by atoms with E-state index in [0.29, 0.717) is 5.02 Å². The van der Waals surface area contributed by atoms with Crippen molar-refractivity contribution < 1.29 is 9.53 Å². The van der Waals surface area contributed by atoms with Crippen LogP contribution < -0.4 is 5.56 Å². The summed E-state index contributed by atoms with van der Waals surface area (Å²) in [5, 5.41) is 2.67. The zero-order valence-corrected chi connectivity index (χ0v) is 20.8. The highest BCUT2D eigenvalue weighted by Crippen LogP contribution is 2.45. The van der Waals surface area contributed by atoms with Crippen molar-refractivity contribution in [3.63, 3.8) is 0 Å². The monoisotopic (exact) mass is 473 g/mol.